The number of hydrazone groups is 1. The first-order valence-corrected chi connectivity index (χ1v) is 10.8. The number of nitrogens with one attached hydrogen (secondary N) is 3. The van der Waals surface area contributed by atoms with Crippen LogP contribution < -0.4 is 25.5 Å². The number of rotatable bonds is 9. The van der Waals surface area contributed by atoms with Crippen molar-refractivity contribution in [3.63, 3.8) is 0 Å². The van der Waals surface area contributed by atoms with Crippen molar-refractivity contribution in [1.82, 2.24) is 10.7 Å². The van der Waals surface area contributed by atoms with Gasteiger partial charge < -0.3 is 20.1 Å². The molecule has 3 N–H and O–H groups in total. The maximum atomic E-state index is 12.1. The van der Waals surface area contributed by atoms with Crippen LogP contribution in [0.2, 0.25) is 0 Å². The van der Waals surface area contributed by atoms with E-state index < -0.39 is 11.8 Å². The topological polar surface area (TPSA) is 118 Å². The van der Waals surface area contributed by atoms with Crippen LogP contribution in [0.5, 0.6) is 11.5 Å². The van der Waals surface area contributed by atoms with Crippen molar-refractivity contribution >= 4 is 29.6 Å². The average molecular weight is 475 g/mol. The molecule has 180 valence electrons. The molecular weight excluding hydrogens is 448 g/mol. The standard InChI is InChI=1S/C26H26N4O5/c1-18-8-11-21(12-9-18)29-25(32)26(33)30-28-16-20-10-13-22(23(14-20)34-2)35-17-24(31)27-15-19-6-4-3-5-7-19/h3-14,16H,15,17H2,1-2H3,(H,27,31)(H,29,32)(H,30,33)/b28-16-. The molecule has 0 aromatic heterocycles. The van der Waals surface area contributed by atoms with Gasteiger partial charge in [-0.2, -0.15) is 5.10 Å². The van der Waals surface area contributed by atoms with Gasteiger partial charge in [0.15, 0.2) is 18.1 Å². The summed E-state index contributed by atoms with van der Waals surface area (Å²) in [7, 11) is 1.47. The molecule has 0 spiro atoms. The molecule has 0 saturated carbocycles. The Labute approximate surface area is 203 Å². The molecular formula is C26H26N4O5. The van der Waals surface area contributed by atoms with Gasteiger partial charge in [0, 0.05) is 12.2 Å². The lowest BCUT2D eigenvalue weighted by molar-refractivity contribution is -0.136. The van der Waals surface area contributed by atoms with E-state index in [1.165, 1.54) is 13.3 Å². The first-order valence-electron chi connectivity index (χ1n) is 10.8. The first kappa shape index (κ1) is 25.0. The van der Waals surface area contributed by atoms with E-state index in [1.807, 2.05) is 49.4 Å². The number of carbonyl (C=O) groups is 3. The number of ether oxygens (including phenoxy) is 2. The third kappa shape index (κ3) is 8.01. The highest BCUT2D eigenvalue weighted by Gasteiger charge is 2.13. The Bertz CT molecular complexity index is 1190. The molecule has 0 atom stereocenters. The quantitative estimate of drug-likeness (QED) is 0.250. The van der Waals surface area contributed by atoms with E-state index >= 15 is 0 Å². The van der Waals surface area contributed by atoms with E-state index in [-0.39, 0.29) is 12.5 Å². The lowest BCUT2D eigenvalue weighted by Crippen LogP contribution is -2.32. The molecule has 0 aliphatic carbocycles. The molecule has 0 aliphatic rings. The Morgan fingerprint density at radius 3 is 2.37 bits per heavy atom. The minimum absolute atomic E-state index is 0.178. The third-order valence-corrected chi connectivity index (χ3v) is 4.77. The van der Waals surface area contributed by atoms with Gasteiger partial charge in [-0.05, 0) is 48.4 Å². The fourth-order valence-corrected chi connectivity index (χ4v) is 2.92. The highest BCUT2D eigenvalue weighted by Crippen LogP contribution is 2.27. The van der Waals surface area contributed by atoms with Crippen molar-refractivity contribution in [2.75, 3.05) is 19.0 Å². The summed E-state index contributed by atoms with van der Waals surface area (Å²) in [6, 6.07) is 21.5. The minimum Gasteiger partial charge on any atom is -0.493 e. The average Bonchev–Trinajstić information content (AvgIpc) is 2.88. The van der Waals surface area contributed by atoms with Crippen molar-refractivity contribution in [2.45, 2.75) is 13.5 Å². The highest BCUT2D eigenvalue weighted by molar-refractivity contribution is 6.39. The molecule has 3 aromatic rings. The summed E-state index contributed by atoms with van der Waals surface area (Å²) in [5.41, 5.74) is 5.29. The van der Waals surface area contributed by atoms with Gasteiger partial charge in [0.25, 0.3) is 5.91 Å². The largest absolute Gasteiger partial charge is 0.493 e. The predicted molar refractivity (Wildman–Crippen MR) is 132 cm³/mol. The van der Waals surface area contributed by atoms with Crippen molar-refractivity contribution < 1.29 is 23.9 Å². The number of hydrogen-bond acceptors (Lipinski definition) is 6. The summed E-state index contributed by atoms with van der Waals surface area (Å²) < 4.78 is 10.9. The van der Waals surface area contributed by atoms with Crippen LogP contribution in [0.25, 0.3) is 0 Å². The second-order valence-corrected chi connectivity index (χ2v) is 7.48. The smallest absolute Gasteiger partial charge is 0.329 e. The summed E-state index contributed by atoms with van der Waals surface area (Å²) >= 11 is 0. The normalized spacial score (nSPS) is 10.5. The SMILES string of the molecule is COc1cc(/C=N\NC(=O)C(=O)Nc2ccc(C)cc2)ccc1OCC(=O)NCc1ccccc1. The number of amides is 3. The Balaban J connectivity index is 1.48. The summed E-state index contributed by atoms with van der Waals surface area (Å²) in [4.78, 5) is 36.0. The molecule has 0 bridgehead atoms. The number of methoxy groups -OCH3 is 1. The fourth-order valence-electron chi connectivity index (χ4n) is 2.92. The van der Waals surface area contributed by atoms with Crippen molar-refractivity contribution in [2.24, 2.45) is 5.10 Å². The van der Waals surface area contributed by atoms with E-state index in [4.69, 9.17) is 9.47 Å². The number of hydrogen-bond donors (Lipinski definition) is 3. The van der Waals surface area contributed by atoms with E-state index in [0.717, 1.165) is 11.1 Å². The van der Waals surface area contributed by atoms with Crippen molar-refractivity contribution in [1.29, 1.82) is 0 Å². The molecule has 35 heavy (non-hydrogen) atoms. The maximum absolute atomic E-state index is 12.1. The Morgan fingerprint density at radius 1 is 0.914 bits per heavy atom. The predicted octanol–water partition coefficient (Wildman–Crippen LogP) is 2.79. The lowest BCUT2D eigenvalue weighted by Gasteiger charge is -2.11. The molecule has 0 unspecified atom stereocenters. The fraction of sp³-hybridized carbons (Fsp3) is 0.154. The molecule has 9 heteroatoms. The van der Waals surface area contributed by atoms with Crippen LogP contribution in [0.4, 0.5) is 5.69 Å². The molecule has 9 nitrogen and oxygen atoms in total. The van der Waals surface area contributed by atoms with Gasteiger partial charge >= 0.3 is 11.8 Å². The molecule has 0 heterocycles. The number of anilines is 1. The van der Waals surface area contributed by atoms with E-state index in [1.54, 1.807) is 30.3 Å². The summed E-state index contributed by atoms with van der Waals surface area (Å²) in [5, 5.41) is 9.08. The summed E-state index contributed by atoms with van der Waals surface area (Å²) in [5.74, 6) is -1.25. The van der Waals surface area contributed by atoms with Crippen LogP contribution >= 0.6 is 0 Å². The Kier molecular flexibility index (Phi) is 8.95. The van der Waals surface area contributed by atoms with Crippen LogP contribution in [-0.4, -0.2) is 37.7 Å². The van der Waals surface area contributed by atoms with Gasteiger partial charge in [-0.15, -0.1) is 0 Å². The molecule has 3 aromatic carbocycles. The molecule has 3 rings (SSSR count). The third-order valence-electron chi connectivity index (χ3n) is 4.77. The zero-order valence-electron chi connectivity index (χ0n) is 19.4. The second-order valence-electron chi connectivity index (χ2n) is 7.48. The first-order chi connectivity index (χ1) is 16.9. The monoisotopic (exact) mass is 474 g/mol. The number of aryl methyl sites for hydroxylation is 1. The zero-order chi connectivity index (χ0) is 25.0. The number of carbonyl (C=O) groups excluding carboxylic acids is 3. The molecule has 0 aliphatic heterocycles. The van der Waals surface area contributed by atoms with Crippen LogP contribution in [0.1, 0.15) is 16.7 Å². The van der Waals surface area contributed by atoms with Crippen LogP contribution in [0.3, 0.4) is 0 Å². The van der Waals surface area contributed by atoms with Crippen LogP contribution in [0.15, 0.2) is 77.9 Å². The summed E-state index contributed by atoms with van der Waals surface area (Å²) in [6.07, 6.45) is 1.36. The Morgan fingerprint density at radius 2 is 1.66 bits per heavy atom. The second kappa shape index (κ2) is 12.5. The molecule has 0 fully saturated rings. The molecule has 3 amide bonds. The lowest BCUT2D eigenvalue weighted by atomic mass is 10.2. The number of nitrogens with zero attached hydrogens (tertiary/aromatic N) is 1. The molecule has 0 radical (unpaired) electrons. The Hall–Kier alpha value is -4.66. The van der Waals surface area contributed by atoms with Gasteiger partial charge in [-0.25, -0.2) is 5.43 Å². The van der Waals surface area contributed by atoms with E-state index in [0.29, 0.717) is 29.3 Å². The van der Waals surface area contributed by atoms with Gasteiger partial charge in [-0.1, -0.05) is 48.0 Å². The van der Waals surface area contributed by atoms with Crippen molar-refractivity contribution in [3.8, 4) is 11.5 Å². The van der Waals surface area contributed by atoms with Crippen molar-refractivity contribution in [3.05, 3.63) is 89.5 Å². The van der Waals surface area contributed by atoms with Crippen LogP contribution in [-0.2, 0) is 20.9 Å². The van der Waals surface area contributed by atoms with Crippen LogP contribution in [0, 0.1) is 6.92 Å². The maximum Gasteiger partial charge on any atom is 0.329 e. The minimum atomic E-state index is -0.907. The van der Waals surface area contributed by atoms with Gasteiger partial charge in [0.05, 0.1) is 13.3 Å². The van der Waals surface area contributed by atoms with Gasteiger partial charge in [0.1, 0.15) is 0 Å². The van der Waals surface area contributed by atoms with E-state index in [9.17, 15) is 14.4 Å². The van der Waals surface area contributed by atoms with Gasteiger partial charge in [0.2, 0.25) is 0 Å². The molecule has 0 saturated heterocycles. The number of benzene rings is 3. The highest BCUT2D eigenvalue weighted by atomic mass is 16.5. The summed E-state index contributed by atoms with van der Waals surface area (Å²) in [6.45, 7) is 2.15. The van der Waals surface area contributed by atoms with E-state index in [2.05, 4.69) is 21.2 Å². The zero-order valence-corrected chi connectivity index (χ0v) is 19.4. The van der Waals surface area contributed by atoms with Gasteiger partial charge in [-0.3, -0.25) is 14.4 Å².